The molecule has 3 rings (SSSR count). The average molecular weight is 443 g/mol. The number of rotatable bonds is 7. The molecule has 1 aromatic carbocycles. The molecule has 2 aliphatic heterocycles. The van der Waals surface area contributed by atoms with Crippen LogP contribution >= 0.6 is 0 Å². The molecule has 2 aliphatic rings. The molecule has 2 N–H and O–H groups in total. The van der Waals surface area contributed by atoms with E-state index in [-0.39, 0.29) is 12.5 Å². The summed E-state index contributed by atoms with van der Waals surface area (Å²) < 4.78 is 0. The van der Waals surface area contributed by atoms with Crippen LogP contribution in [0.5, 0.6) is 0 Å². The van der Waals surface area contributed by atoms with Gasteiger partial charge in [-0.15, -0.1) is 0 Å². The van der Waals surface area contributed by atoms with Crippen LogP contribution in [-0.4, -0.2) is 91.5 Å². The van der Waals surface area contributed by atoms with Crippen LogP contribution in [-0.2, 0) is 11.3 Å². The van der Waals surface area contributed by atoms with Crippen LogP contribution in [0.4, 0.5) is 0 Å². The Morgan fingerprint density at radius 1 is 1.00 bits per heavy atom. The van der Waals surface area contributed by atoms with Gasteiger partial charge < -0.3 is 20.4 Å². The predicted molar refractivity (Wildman–Crippen MR) is 132 cm³/mol. The maximum atomic E-state index is 12.1. The Kier molecular flexibility index (Phi) is 9.36. The minimum Gasteiger partial charge on any atom is -0.354 e. The fourth-order valence-electron chi connectivity index (χ4n) is 4.44. The third kappa shape index (κ3) is 7.78. The first-order chi connectivity index (χ1) is 15.4. The van der Waals surface area contributed by atoms with Crippen LogP contribution in [0, 0.1) is 0 Å². The van der Waals surface area contributed by atoms with Gasteiger partial charge in [-0.2, -0.15) is 0 Å². The maximum absolute atomic E-state index is 12.1. The Hall–Kier alpha value is -2.12. The maximum Gasteiger partial charge on any atom is 0.243 e. The minimum atomic E-state index is 0.0263. The average Bonchev–Trinajstić information content (AvgIpc) is 2.79. The number of guanidine groups is 1. The van der Waals surface area contributed by atoms with Gasteiger partial charge in [0, 0.05) is 64.9 Å². The Morgan fingerprint density at radius 2 is 1.56 bits per heavy atom. The monoisotopic (exact) mass is 442 g/mol. The van der Waals surface area contributed by atoms with E-state index in [0.717, 1.165) is 64.4 Å². The number of carbonyl (C=O) groups excluding carboxylic acids is 1. The van der Waals surface area contributed by atoms with Crippen molar-refractivity contribution in [1.82, 2.24) is 25.3 Å². The standard InChI is InChI=1S/C25H42N6O/c1-20(2)31-16-12-23(13-17-31)28-25(26-18-24(32)29(3)4)27-22-10-14-30(15-11-22)19-21-8-6-5-7-9-21/h5-9,20,22-23H,10-19H2,1-4H3,(H2,26,27,28). The smallest absolute Gasteiger partial charge is 0.243 e. The molecular weight excluding hydrogens is 400 g/mol. The fourth-order valence-corrected chi connectivity index (χ4v) is 4.44. The van der Waals surface area contributed by atoms with Crippen LogP contribution in [0.3, 0.4) is 0 Å². The van der Waals surface area contributed by atoms with E-state index in [1.807, 2.05) is 0 Å². The van der Waals surface area contributed by atoms with Crippen molar-refractivity contribution in [1.29, 1.82) is 0 Å². The highest BCUT2D eigenvalue weighted by molar-refractivity contribution is 5.85. The lowest BCUT2D eigenvalue weighted by atomic mass is 10.0. The van der Waals surface area contributed by atoms with E-state index in [9.17, 15) is 4.79 Å². The second-order valence-corrected chi connectivity index (χ2v) is 9.68. The summed E-state index contributed by atoms with van der Waals surface area (Å²) in [4.78, 5) is 23.4. The molecule has 0 bridgehead atoms. The molecule has 0 aromatic heterocycles. The molecule has 0 spiro atoms. The van der Waals surface area contributed by atoms with Crippen molar-refractivity contribution in [2.45, 2.75) is 64.2 Å². The molecular formula is C25H42N6O. The van der Waals surface area contributed by atoms with E-state index in [1.54, 1.807) is 19.0 Å². The van der Waals surface area contributed by atoms with Gasteiger partial charge in [0.25, 0.3) is 0 Å². The number of carbonyl (C=O) groups is 1. The summed E-state index contributed by atoms with van der Waals surface area (Å²) in [6, 6.07) is 12.1. The summed E-state index contributed by atoms with van der Waals surface area (Å²) in [6.07, 6.45) is 4.38. The van der Waals surface area contributed by atoms with Crippen LogP contribution < -0.4 is 10.6 Å². The predicted octanol–water partition coefficient (Wildman–Crippen LogP) is 2.15. The van der Waals surface area contributed by atoms with Gasteiger partial charge >= 0.3 is 0 Å². The Labute approximate surface area is 194 Å². The van der Waals surface area contributed by atoms with Gasteiger partial charge in [0.05, 0.1) is 0 Å². The lowest BCUT2D eigenvalue weighted by molar-refractivity contribution is -0.127. The zero-order valence-corrected chi connectivity index (χ0v) is 20.4. The zero-order chi connectivity index (χ0) is 22.9. The van der Waals surface area contributed by atoms with Gasteiger partial charge in [-0.25, -0.2) is 4.99 Å². The molecule has 7 nitrogen and oxygen atoms in total. The summed E-state index contributed by atoms with van der Waals surface area (Å²) in [5, 5.41) is 7.28. The molecule has 0 radical (unpaired) electrons. The molecule has 0 unspecified atom stereocenters. The number of amides is 1. The summed E-state index contributed by atoms with van der Waals surface area (Å²) in [5.74, 6) is 0.822. The third-order valence-electron chi connectivity index (χ3n) is 6.65. The van der Waals surface area contributed by atoms with E-state index in [4.69, 9.17) is 0 Å². The number of likely N-dealkylation sites (N-methyl/N-ethyl adjacent to an activating group) is 1. The van der Waals surface area contributed by atoms with Crippen LogP contribution in [0.2, 0.25) is 0 Å². The molecule has 2 saturated heterocycles. The second kappa shape index (κ2) is 12.2. The quantitative estimate of drug-likeness (QED) is 0.500. The van der Waals surface area contributed by atoms with E-state index in [0.29, 0.717) is 18.1 Å². The van der Waals surface area contributed by atoms with Crippen molar-refractivity contribution in [2.24, 2.45) is 4.99 Å². The van der Waals surface area contributed by atoms with Crippen molar-refractivity contribution in [3.63, 3.8) is 0 Å². The largest absolute Gasteiger partial charge is 0.354 e. The van der Waals surface area contributed by atoms with Gasteiger partial charge in [-0.3, -0.25) is 9.69 Å². The van der Waals surface area contributed by atoms with Gasteiger partial charge in [0.15, 0.2) is 5.96 Å². The summed E-state index contributed by atoms with van der Waals surface area (Å²) in [7, 11) is 3.56. The van der Waals surface area contributed by atoms with Gasteiger partial charge in [-0.05, 0) is 45.1 Å². The SMILES string of the molecule is CC(C)N1CCC(NC(=NCC(=O)N(C)C)NC2CCN(Cc3ccccc3)CC2)CC1. The summed E-state index contributed by atoms with van der Waals surface area (Å²) >= 11 is 0. The topological polar surface area (TPSA) is 63.2 Å². The lowest BCUT2D eigenvalue weighted by Crippen LogP contribution is -2.53. The number of nitrogens with one attached hydrogen (secondary N) is 2. The molecule has 0 aliphatic carbocycles. The van der Waals surface area contributed by atoms with Crippen molar-refractivity contribution in [3.8, 4) is 0 Å². The number of likely N-dealkylation sites (tertiary alicyclic amines) is 2. The van der Waals surface area contributed by atoms with E-state index in [2.05, 4.69) is 69.6 Å². The second-order valence-electron chi connectivity index (χ2n) is 9.68. The molecule has 2 heterocycles. The van der Waals surface area contributed by atoms with Crippen molar-refractivity contribution in [3.05, 3.63) is 35.9 Å². The third-order valence-corrected chi connectivity index (χ3v) is 6.65. The highest BCUT2D eigenvalue weighted by atomic mass is 16.2. The molecule has 7 heteroatoms. The van der Waals surface area contributed by atoms with E-state index < -0.39 is 0 Å². The molecule has 2 fully saturated rings. The first-order valence-electron chi connectivity index (χ1n) is 12.2. The van der Waals surface area contributed by atoms with Crippen molar-refractivity contribution in [2.75, 3.05) is 46.8 Å². The van der Waals surface area contributed by atoms with Crippen LogP contribution in [0.15, 0.2) is 35.3 Å². The number of nitrogens with zero attached hydrogens (tertiary/aromatic N) is 4. The highest BCUT2D eigenvalue weighted by Crippen LogP contribution is 2.15. The van der Waals surface area contributed by atoms with Crippen LogP contribution in [0.1, 0.15) is 45.1 Å². The molecule has 0 atom stereocenters. The van der Waals surface area contributed by atoms with E-state index in [1.165, 1.54) is 5.56 Å². The fraction of sp³-hybridized carbons (Fsp3) is 0.680. The molecule has 178 valence electrons. The molecule has 32 heavy (non-hydrogen) atoms. The number of aliphatic imine (C=N–C) groups is 1. The molecule has 0 saturated carbocycles. The minimum absolute atomic E-state index is 0.0263. The normalized spacial score (nSPS) is 19.8. The Balaban J connectivity index is 1.52. The number of hydrogen-bond donors (Lipinski definition) is 2. The van der Waals surface area contributed by atoms with E-state index >= 15 is 0 Å². The molecule has 1 aromatic rings. The Bertz CT molecular complexity index is 719. The van der Waals surface area contributed by atoms with Gasteiger partial charge in [0.1, 0.15) is 6.54 Å². The number of hydrogen-bond acceptors (Lipinski definition) is 4. The Morgan fingerprint density at radius 3 is 2.09 bits per heavy atom. The lowest BCUT2D eigenvalue weighted by Gasteiger charge is -2.37. The van der Waals surface area contributed by atoms with Gasteiger partial charge in [-0.1, -0.05) is 30.3 Å². The first-order valence-corrected chi connectivity index (χ1v) is 12.2. The number of piperidine rings is 2. The number of benzene rings is 1. The summed E-state index contributed by atoms with van der Waals surface area (Å²) in [6.45, 7) is 10.1. The summed E-state index contributed by atoms with van der Waals surface area (Å²) in [5.41, 5.74) is 1.37. The van der Waals surface area contributed by atoms with Crippen LogP contribution in [0.25, 0.3) is 0 Å². The zero-order valence-electron chi connectivity index (χ0n) is 20.4. The van der Waals surface area contributed by atoms with Crippen molar-refractivity contribution < 1.29 is 4.79 Å². The molecule has 1 amide bonds. The first kappa shape index (κ1) is 24.5. The van der Waals surface area contributed by atoms with Gasteiger partial charge in [0.2, 0.25) is 5.91 Å². The highest BCUT2D eigenvalue weighted by Gasteiger charge is 2.24. The van der Waals surface area contributed by atoms with Crippen molar-refractivity contribution >= 4 is 11.9 Å².